The molecule has 0 saturated carbocycles. The van der Waals surface area contributed by atoms with Crippen LogP contribution in [0.2, 0.25) is 0 Å². The van der Waals surface area contributed by atoms with Crippen LogP contribution in [-0.4, -0.2) is 63.3 Å². The lowest BCUT2D eigenvalue weighted by Crippen LogP contribution is -2.49. The summed E-state index contributed by atoms with van der Waals surface area (Å²) in [6.45, 7) is 4.59. The van der Waals surface area contributed by atoms with Gasteiger partial charge in [0.25, 0.3) is 5.91 Å². The zero-order chi connectivity index (χ0) is 21.3. The molecule has 2 aromatic rings. The Kier molecular flexibility index (Phi) is 7.54. The van der Waals surface area contributed by atoms with Crippen LogP contribution in [0.1, 0.15) is 12.0 Å². The summed E-state index contributed by atoms with van der Waals surface area (Å²) in [5.41, 5.74) is 2.11. The molecule has 1 aliphatic heterocycles. The third-order valence-corrected chi connectivity index (χ3v) is 5.08. The number of benzene rings is 2. The Morgan fingerprint density at radius 1 is 0.967 bits per heavy atom. The molecule has 7 heteroatoms. The maximum absolute atomic E-state index is 12.4. The Morgan fingerprint density at radius 2 is 1.67 bits per heavy atom. The van der Waals surface area contributed by atoms with E-state index >= 15 is 0 Å². The number of anilines is 1. The summed E-state index contributed by atoms with van der Waals surface area (Å²) in [7, 11) is 1.64. The van der Waals surface area contributed by atoms with E-state index in [1.54, 1.807) is 12.0 Å². The summed E-state index contributed by atoms with van der Waals surface area (Å²) in [5, 5.41) is 0. The lowest BCUT2D eigenvalue weighted by atomic mass is 10.2. The topological polar surface area (TPSA) is 68.3 Å². The van der Waals surface area contributed by atoms with Crippen molar-refractivity contribution in [2.45, 2.75) is 13.3 Å². The van der Waals surface area contributed by atoms with E-state index in [1.165, 1.54) is 0 Å². The van der Waals surface area contributed by atoms with Crippen molar-refractivity contribution in [2.75, 3.05) is 51.4 Å². The van der Waals surface area contributed by atoms with Gasteiger partial charge in [-0.2, -0.15) is 0 Å². The number of hydrogen-bond donors (Lipinski definition) is 0. The standard InChI is InChI=1S/C23H28N2O5/c1-18-5-3-4-6-21(18)29-16-11-23(27)30-17-22(26)25-14-12-24(13-15-25)19-7-9-20(28-2)10-8-19/h3-10H,11-17H2,1-2H3. The van der Waals surface area contributed by atoms with Crippen LogP contribution in [0.5, 0.6) is 11.5 Å². The molecule has 1 fully saturated rings. The van der Waals surface area contributed by atoms with Crippen LogP contribution in [0.4, 0.5) is 5.69 Å². The van der Waals surface area contributed by atoms with Gasteiger partial charge >= 0.3 is 5.97 Å². The van der Waals surface area contributed by atoms with Crippen molar-refractivity contribution in [3.8, 4) is 11.5 Å². The number of amides is 1. The first-order chi connectivity index (χ1) is 14.6. The maximum atomic E-state index is 12.4. The van der Waals surface area contributed by atoms with Crippen LogP contribution in [0.15, 0.2) is 48.5 Å². The highest BCUT2D eigenvalue weighted by atomic mass is 16.5. The number of carbonyl (C=O) groups is 2. The van der Waals surface area contributed by atoms with E-state index in [1.807, 2.05) is 55.5 Å². The summed E-state index contributed by atoms with van der Waals surface area (Å²) in [5.74, 6) is 0.959. The summed E-state index contributed by atoms with van der Waals surface area (Å²) in [4.78, 5) is 28.2. The number of hydrogen-bond acceptors (Lipinski definition) is 6. The quantitative estimate of drug-likeness (QED) is 0.621. The third kappa shape index (κ3) is 5.89. The van der Waals surface area contributed by atoms with Crippen LogP contribution in [0.25, 0.3) is 0 Å². The molecular formula is C23H28N2O5. The van der Waals surface area contributed by atoms with Crippen molar-refractivity contribution in [3.05, 3.63) is 54.1 Å². The van der Waals surface area contributed by atoms with Crippen LogP contribution < -0.4 is 14.4 Å². The molecule has 3 rings (SSSR count). The van der Waals surface area contributed by atoms with Crippen LogP contribution in [0, 0.1) is 6.92 Å². The first-order valence-corrected chi connectivity index (χ1v) is 10.1. The van der Waals surface area contributed by atoms with E-state index in [-0.39, 0.29) is 25.5 Å². The first-order valence-electron chi connectivity index (χ1n) is 10.1. The molecule has 7 nitrogen and oxygen atoms in total. The fraction of sp³-hybridized carbons (Fsp3) is 0.391. The van der Waals surface area contributed by atoms with E-state index in [2.05, 4.69) is 4.90 Å². The molecular weight excluding hydrogens is 384 g/mol. The van der Waals surface area contributed by atoms with Gasteiger partial charge in [0.05, 0.1) is 20.1 Å². The Hall–Kier alpha value is -3.22. The summed E-state index contributed by atoms with van der Waals surface area (Å²) in [6.07, 6.45) is 0.104. The smallest absolute Gasteiger partial charge is 0.309 e. The van der Waals surface area contributed by atoms with Crippen molar-refractivity contribution >= 4 is 17.6 Å². The second-order valence-electron chi connectivity index (χ2n) is 7.09. The van der Waals surface area contributed by atoms with E-state index < -0.39 is 5.97 Å². The zero-order valence-corrected chi connectivity index (χ0v) is 17.5. The number of ether oxygens (including phenoxy) is 3. The SMILES string of the molecule is COc1ccc(N2CCN(C(=O)COC(=O)CCOc3ccccc3C)CC2)cc1. The third-order valence-electron chi connectivity index (χ3n) is 5.08. The minimum absolute atomic E-state index is 0.104. The highest BCUT2D eigenvalue weighted by Gasteiger charge is 2.22. The number of para-hydroxylation sites is 1. The number of rotatable bonds is 8. The van der Waals surface area contributed by atoms with Gasteiger partial charge in [0.2, 0.25) is 0 Å². The predicted octanol–water partition coefficient (Wildman–Crippen LogP) is 2.66. The molecule has 0 aromatic heterocycles. The fourth-order valence-electron chi connectivity index (χ4n) is 3.28. The minimum atomic E-state index is -0.436. The van der Waals surface area contributed by atoms with E-state index in [0.29, 0.717) is 13.1 Å². The van der Waals surface area contributed by atoms with Gasteiger partial charge in [0.15, 0.2) is 6.61 Å². The Bertz CT molecular complexity index is 845. The molecule has 1 heterocycles. The van der Waals surface area contributed by atoms with Crippen molar-refractivity contribution in [1.82, 2.24) is 4.90 Å². The van der Waals surface area contributed by atoms with E-state index in [4.69, 9.17) is 14.2 Å². The molecule has 1 aliphatic rings. The Balaban J connectivity index is 1.35. The lowest BCUT2D eigenvalue weighted by molar-refractivity contribution is -0.152. The van der Waals surface area contributed by atoms with Crippen molar-refractivity contribution in [1.29, 1.82) is 0 Å². The van der Waals surface area contributed by atoms with Crippen molar-refractivity contribution in [3.63, 3.8) is 0 Å². The molecule has 0 spiro atoms. The van der Waals surface area contributed by atoms with E-state index in [0.717, 1.165) is 35.8 Å². The minimum Gasteiger partial charge on any atom is -0.497 e. The molecule has 160 valence electrons. The zero-order valence-electron chi connectivity index (χ0n) is 17.5. The number of carbonyl (C=O) groups excluding carboxylic acids is 2. The maximum Gasteiger partial charge on any atom is 0.309 e. The molecule has 0 atom stereocenters. The van der Waals surface area contributed by atoms with E-state index in [9.17, 15) is 9.59 Å². The average Bonchev–Trinajstić information content (AvgIpc) is 2.79. The van der Waals surface area contributed by atoms with Crippen LogP contribution in [-0.2, 0) is 14.3 Å². The molecule has 0 radical (unpaired) electrons. The van der Waals surface area contributed by atoms with Gasteiger partial charge < -0.3 is 24.0 Å². The van der Waals surface area contributed by atoms with Gasteiger partial charge in [-0.25, -0.2) is 0 Å². The summed E-state index contributed by atoms with van der Waals surface area (Å²) < 4.78 is 15.9. The Morgan fingerprint density at radius 3 is 2.33 bits per heavy atom. The predicted molar refractivity (Wildman–Crippen MR) is 114 cm³/mol. The van der Waals surface area contributed by atoms with Gasteiger partial charge in [0.1, 0.15) is 11.5 Å². The molecule has 1 saturated heterocycles. The van der Waals surface area contributed by atoms with Gasteiger partial charge in [-0.05, 0) is 42.8 Å². The number of nitrogens with zero attached hydrogens (tertiary/aromatic N) is 2. The normalized spacial score (nSPS) is 13.7. The molecule has 2 aromatic carbocycles. The summed E-state index contributed by atoms with van der Waals surface area (Å²) in [6, 6.07) is 15.5. The Labute approximate surface area is 177 Å². The molecule has 30 heavy (non-hydrogen) atoms. The average molecular weight is 412 g/mol. The van der Waals surface area contributed by atoms with Gasteiger partial charge in [-0.1, -0.05) is 18.2 Å². The summed E-state index contributed by atoms with van der Waals surface area (Å²) >= 11 is 0. The fourth-order valence-corrected chi connectivity index (χ4v) is 3.28. The second-order valence-corrected chi connectivity index (χ2v) is 7.09. The molecule has 0 unspecified atom stereocenters. The number of methoxy groups -OCH3 is 1. The monoisotopic (exact) mass is 412 g/mol. The van der Waals surface area contributed by atoms with Gasteiger partial charge in [-0.15, -0.1) is 0 Å². The van der Waals surface area contributed by atoms with Crippen molar-refractivity contribution < 1.29 is 23.8 Å². The lowest BCUT2D eigenvalue weighted by Gasteiger charge is -2.36. The molecule has 0 aliphatic carbocycles. The second kappa shape index (κ2) is 10.5. The van der Waals surface area contributed by atoms with Crippen LogP contribution in [0.3, 0.4) is 0 Å². The molecule has 1 amide bonds. The van der Waals surface area contributed by atoms with Gasteiger partial charge in [-0.3, -0.25) is 9.59 Å². The number of aryl methyl sites for hydroxylation is 1. The van der Waals surface area contributed by atoms with Crippen molar-refractivity contribution in [2.24, 2.45) is 0 Å². The molecule has 0 bridgehead atoms. The largest absolute Gasteiger partial charge is 0.497 e. The highest BCUT2D eigenvalue weighted by Crippen LogP contribution is 2.20. The number of piperazine rings is 1. The van der Waals surface area contributed by atoms with Crippen LogP contribution >= 0.6 is 0 Å². The highest BCUT2D eigenvalue weighted by molar-refractivity contribution is 5.81. The number of esters is 1. The van der Waals surface area contributed by atoms with Gasteiger partial charge in [0, 0.05) is 31.9 Å². The molecule has 0 N–H and O–H groups in total. The first kappa shape index (κ1) is 21.5.